The topological polar surface area (TPSA) is 73.1 Å². The molecule has 0 amide bonds. The maximum atomic E-state index is 3.67. The van der Waals surface area contributed by atoms with Crippen LogP contribution in [0.2, 0.25) is 0 Å². The van der Waals surface area contributed by atoms with Crippen LogP contribution in [0.1, 0.15) is 379 Å². The molecule has 620 valence electrons. The van der Waals surface area contributed by atoms with E-state index < -0.39 is 0 Å². The Morgan fingerprint density at radius 2 is 0.578 bits per heavy atom. The van der Waals surface area contributed by atoms with Gasteiger partial charge in [-0.3, -0.25) is 0 Å². The predicted molar refractivity (Wildman–Crippen MR) is 469 cm³/mol. The Morgan fingerprint density at radius 1 is 0.265 bits per heavy atom. The van der Waals surface area contributed by atoms with Crippen LogP contribution in [0.15, 0.2) is 0 Å². The van der Waals surface area contributed by atoms with Crippen molar-refractivity contribution in [2.45, 2.75) is 445 Å². The Hall–Kier alpha value is -0.360. The molecule has 8 atom stereocenters. The third-order valence-corrected chi connectivity index (χ3v) is 22.8. The van der Waals surface area contributed by atoms with Crippen LogP contribution in [-0.2, 0) is 0 Å². The van der Waals surface area contributed by atoms with Gasteiger partial charge in [0.2, 0.25) is 0 Å². The van der Waals surface area contributed by atoms with Crippen LogP contribution < -0.4 is 26.6 Å². The van der Waals surface area contributed by atoms with E-state index in [0.29, 0.717) is 30.2 Å². The third-order valence-electron chi connectivity index (χ3n) is 22.8. The standard InChI is InChI=1S/3C12H25N.2C11H23N.C10H21N.C9H21N.C8H19N.C7H17N.CH4/c1-9(2)11-6-5-7-12(8-11)13-10(3)4;2*1-10(2)12-7-5-6-8-13(9-12)11(3)4;1-8(2)10-5-6-11(7-10)12-9(3)4;1-9(2)11-6-5-7-12(8-11)10(3)4;1-8(2)10-5-6-11(7-10)9(3)4;1-8(2)6-5-7-10-9(3)4;1-7(2)5-6-9-8(3)4;1-6(2)5-8-7(3)4;/h9-13H,5-8H2,1-4H3;2*10-12H,5-9H2,1-4H3;8-12H,5-7H2,1-4H3;9-11H,5-8H2,1-4H3;8-10H,5-7H2,1-4H3;8-10H,5-7H2,1-4H3;7-9H,5-6H2,1-4H3;6-8H,5H2,1-4H3;1H4. The Balaban J connectivity index is -0.000000531. The number of piperidine rings is 1. The first-order valence-electron chi connectivity index (χ1n) is 44.7. The number of hydrogen-bond acceptors (Lipinski definition) is 9. The minimum absolute atomic E-state index is 0. The van der Waals surface area contributed by atoms with Crippen LogP contribution in [0.5, 0.6) is 0 Å². The molecule has 0 aromatic rings. The fourth-order valence-electron chi connectivity index (χ4n) is 15.1. The zero-order chi connectivity index (χ0) is 78.1. The highest BCUT2D eigenvalue weighted by molar-refractivity contribution is 4.85. The van der Waals surface area contributed by atoms with E-state index in [1.807, 2.05) is 0 Å². The maximum Gasteiger partial charge on any atom is 0.00722 e. The summed E-state index contributed by atoms with van der Waals surface area (Å²) >= 11 is 0. The van der Waals surface area contributed by atoms with Crippen molar-refractivity contribution in [1.82, 2.24) is 46.2 Å². The van der Waals surface area contributed by atoms with E-state index >= 15 is 0 Å². The average Bonchev–Trinajstić information content (AvgIpc) is 1.27. The summed E-state index contributed by atoms with van der Waals surface area (Å²) in [7, 11) is 0. The summed E-state index contributed by atoms with van der Waals surface area (Å²) in [6.45, 7) is 96.4. The molecule has 2 aliphatic carbocycles. The molecule has 8 unspecified atom stereocenters. The normalized spacial score (nSPS) is 23.4. The summed E-state index contributed by atoms with van der Waals surface area (Å²) in [5.41, 5.74) is 0. The van der Waals surface area contributed by atoms with Gasteiger partial charge in [0, 0.05) is 92.6 Å². The van der Waals surface area contributed by atoms with Gasteiger partial charge in [0.25, 0.3) is 0 Å². The van der Waals surface area contributed by atoms with Gasteiger partial charge in [-0.1, -0.05) is 227 Å². The first kappa shape index (κ1) is 108. The number of likely N-dealkylation sites (tertiary alicyclic amines) is 4. The van der Waals surface area contributed by atoms with Crippen molar-refractivity contribution in [2.24, 2.45) is 88.8 Å². The van der Waals surface area contributed by atoms with Gasteiger partial charge in [0.1, 0.15) is 0 Å². The Labute approximate surface area is 648 Å². The van der Waals surface area contributed by atoms with Gasteiger partial charge in [0.05, 0.1) is 0 Å². The van der Waals surface area contributed by atoms with Crippen LogP contribution in [0, 0.1) is 88.8 Å². The van der Waals surface area contributed by atoms with Crippen LogP contribution in [-0.4, -0.2) is 158 Å². The third kappa shape index (κ3) is 61.4. The van der Waals surface area contributed by atoms with E-state index in [1.54, 1.807) is 0 Å². The highest BCUT2D eigenvalue weighted by Crippen LogP contribution is 2.33. The molecule has 0 aromatic carbocycles. The zero-order valence-corrected chi connectivity index (χ0v) is 76.5. The fourth-order valence-corrected chi connectivity index (χ4v) is 15.1. The molecular weight excluding hydrogens is 1240 g/mol. The molecule has 6 aliphatic rings. The van der Waals surface area contributed by atoms with Crippen molar-refractivity contribution in [1.29, 1.82) is 0 Å². The van der Waals surface area contributed by atoms with Crippen molar-refractivity contribution in [3.8, 4) is 0 Å². The van der Waals surface area contributed by atoms with E-state index in [4.69, 9.17) is 0 Å². The lowest BCUT2D eigenvalue weighted by Crippen LogP contribution is -2.41. The second kappa shape index (κ2) is 64.3. The molecule has 0 bridgehead atoms. The number of rotatable bonds is 26. The predicted octanol–water partition coefficient (Wildman–Crippen LogP) is 24.2. The van der Waals surface area contributed by atoms with Crippen molar-refractivity contribution < 1.29 is 0 Å². The number of nitrogens with zero attached hydrogens (tertiary/aromatic N) is 4. The van der Waals surface area contributed by atoms with E-state index in [1.165, 1.54) is 181 Å². The second-order valence-electron chi connectivity index (χ2n) is 39.2. The lowest BCUT2D eigenvalue weighted by molar-refractivity contribution is 0.117. The van der Waals surface area contributed by atoms with Crippen LogP contribution in [0.25, 0.3) is 0 Å². The summed E-state index contributed by atoms with van der Waals surface area (Å²) in [5, 5.41) is 17.4. The van der Waals surface area contributed by atoms with Crippen molar-refractivity contribution in [2.75, 3.05) is 72.0 Å². The van der Waals surface area contributed by atoms with Gasteiger partial charge < -0.3 is 46.2 Å². The van der Waals surface area contributed by atoms with E-state index in [0.717, 1.165) is 138 Å². The molecule has 0 radical (unpaired) electrons. The van der Waals surface area contributed by atoms with Gasteiger partial charge in [-0.15, -0.1) is 0 Å². The first-order valence-corrected chi connectivity index (χ1v) is 44.7. The van der Waals surface area contributed by atoms with E-state index in [2.05, 4.69) is 295 Å². The monoisotopic (exact) mass is 1450 g/mol. The molecule has 6 rings (SSSR count). The second-order valence-corrected chi connectivity index (χ2v) is 39.2. The zero-order valence-electron chi connectivity index (χ0n) is 76.5. The molecule has 6 fully saturated rings. The quantitative estimate of drug-likeness (QED) is 0.0545. The Morgan fingerprint density at radius 3 is 0.873 bits per heavy atom. The molecule has 0 aromatic heterocycles. The van der Waals surface area contributed by atoms with Crippen LogP contribution >= 0.6 is 0 Å². The van der Waals surface area contributed by atoms with Crippen LogP contribution in [0.4, 0.5) is 0 Å². The number of nitrogens with one attached hydrogen (secondary N) is 5. The summed E-state index contributed by atoms with van der Waals surface area (Å²) in [4.78, 5) is 10.5. The first-order chi connectivity index (χ1) is 47.0. The Bertz CT molecular complexity index is 1630. The van der Waals surface area contributed by atoms with Gasteiger partial charge in [0.15, 0.2) is 0 Å². The van der Waals surface area contributed by atoms with E-state index in [-0.39, 0.29) is 7.43 Å². The summed E-state index contributed by atoms with van der Waals surface area (Å²) < 4.78 is 0. The highest BCUT2D eigenvalue weighted by atomic mass is 15.2. The van der Waals surface area contributed by atoms with Gasteiger partial charge in [-0.2, -0.15) is 0 Å². The molecule has 4 heterocycles. The van der Waals surface area contributed by atoms with E-state index in [9.17, 15) is 0 Å². The van der Waals surface area contributed by atoms with Crippen LogP contribution in [0.3, 0.4) is 0 Å². The molecule has 5 N–H and O–H groups in total. The SMILES string of the molecule is C.CC(C)C1CCCCN(C(C)C)C1.CC(C)C1CCCCN(C(C)C)C1.CC(C)C1CCCN(C(C)C)C1.CC(C)C1CCN(C(C)C)C1.CC(C)CCCNC(C)C.CC(C)CCNC(C)C.CC(C)CNC(C)C.CC(C)NC1CCC(C(C)C)C1.CC(C)NC1CCCC(C(C)C)C1. The lowest BCUT2D eigenvalue weighted by Gasteiger charge is -2.37. The maximum absolute atomic E-state index is 3.67. The van der Waals surface area contributed by atoms with Gasteiger partial charge in [-0.05, 0) is 286 Å². The molecule has 9 nitrogen and oxygen atoms in total. The van der Waals surface area contributed by atoms with Gasteiger partial charge in [-0.25, -0.2) is 0 Å². The molecule has 4 saturated heterocycles. The highest BCUT2D eigenvalue weighted by Gasteiger charge is 2.29. The molecule has 4 aliphatic heterocycles. The smallest absolute Gasteiger partial charge is 0.00722 e. The number of hydrogen-bond donors (Lipinski definition) is 5. The minimum Gasteiger partial charge on any atom is -0.315 e. The average molecular weight is 1450 g/mol. The summed E-state index contributed by atoms with van der Waals surface area (Å²) in [5.74, 6) is 13.4. The Kier molecular flexibility index (Phi) is 68.1. The van der Waals surface area contributed by atoms with Crippen molar-refractivity contribution in [3.63, 3.8) is 0 Å². The van der Waals surface area contributed by atoms with Crippen molar-refractivity contribution >= 4 is 0 Å². The van der Waals surface area contributed by atoms with Crippen molar-refractivity contribution in [3.05, 3.63) is 0 Å². The molecule has 9 heteroatoms. The lowest BCUT2D eigenvalue weighted by atomic mass is 9.79. The molecular formula is C93H203N9. The minimum atomic E-state index is 0. The summed E-state index contributed by atoms with van der Waals surface area (Å²) in [6, 6.07) is 7.78. The molecule has 102 heavy (non-hydrogen) atoms. The molecule has 2 saturated carbocycles. The largest absolute Gasteiger partial charge is 0.315 e. The molecule has 0 spiro atoms. The summed E-state index contributed by atoms with van der Waals surface area (Å²) in [6.07, 6.45) is 26.7. The fraction of sp³-hybridized carbons (Fsp3) is 1.00. The van der Waals surface area contributed by atoms with Gasteiger partial charge >= 0.3 is 0 Å².